The Labute approximate surface area is 222 Å². The number of unbranched alkanes of at least 4 members (excludes halogenated alkanes) is 2. The van der Waals surface area contributed by atoms with Crippen molar-refractivity contribution in [3.63, 3.8) is 0 Å². The Morgan fingerprint density at radius 2 is 0.857 bits per heavy atom. The van der Waals surface area contributed by atoms with Crippen molar-refractivity contribution < 1.29 is 0 Å². The van der Waals surface area contributed by atoms with Gasteiger partial charge in [-0.15, -0.1) is 34.0 Å². The first-order valence-electron chi connectivity index (χ1n) is 12.7. The normalized spacial score (nSPS) is 11.3. The molecule has 0 saturated carbocycles. The van der Waals surface area contributed by atoms with Crippen molar-refractivity contribution in [1.29, 1.82) is 0 Å². The maximum atomic E-state index is 2.35. The highest BCUT2D eigenvalue weighted by Crippen LogP contribution is 2.49. The van der Waals surface area contributed by atoms with E-state index >= 15 is 0 Å². The molecule has 0 N–H and O–H groups in total. The second-order valence-electron chi connectivity index (χ2n) is 8.98. The summed E-state index contributed by atoms with van der Waals surface area (Å²) in [6.45, 7) is 4.62. The monoisotopic (exact) mass is 512 g/mol. The molecule has 0 atom stereocenters. The zero-order valence-electron chi connectivity index (χ0n) is 20.6. The van der Waals surface area contributed by atoms with Crippen molar-refractivity contribution in [3.8, 4) is 40.4 Å². The summed E-state index contributed by atoms with van der Waals surface area (Å²) in [4.78, 5) is 8.56. The average Bonchev–Trinajstić information content (AvgIpc) is 3.66. The van der Waals surface area contributed by atoms with Gasteiger partial charge in [0.1, 0.15) is 0 Å². The van der Waals surface area contributed by atoms with E-state index in [1.54, 1.807) is 11.1 Å². The Bertz CT molecular complexity index is 1250. The van der Waals surface area contributed by atoms with E-state index in [9.17, 15) is 0 Å². The molecule has 178 valence electrons. The molecule has 0 spiro atoms. The molecular weight excluding hydrogens is 481 g/mol. The quantitative estimate of drug-likeness (QED) is 0.174. The summed E-state index contributed by atoms with van der Waals surface area (Å²) in [6, 6.07) is 30.9. The molecule has 0 unspecified atom stereocenters. The molecular formula is C32H32S3. The summed E-state index contributed by atoms with van der Waals surface area (Å²) in [5, 5.41) is 0. The second kappa shape index (κ2) is 11.5. The Morgan fingerprint density at radius 1 is 0.457 bits per heavy atom. The molecule has 0 fully saturated rings. The predicted octanol–water partition coefficient (Wildman–Crippen LogP) is 11.2. The number of rotatable bonds is 10. The fourth-order valence-corrected chi connectivity index (χ4v) is 8.26. The van der Waals surface area contributed by atoms with E-state index in [2.05, 4.69) is 98.8 Å². The van der Waals surface area contributed by atoms with Crippen molar-refractivity contribution in [2.45, 2.75) is 52.4 Å². The number of hydrogen-bond donors (Lipinski definition) is 0. The zero-order valence-corrected chi connectivity index (χ0v) is 23.0. The molecule has 5 rings (SSSR count). The fourth-order valence-electron chi connectivity index (χ4n) is 4.57. The minimum atomic E-state index is 1.18. The zero-order chi connectivity index (χ0) is 24.0. The van der Waals surface area contributed by atoms with Gasteiger partial charge in [-0.05, 0) is 72.2 Å². The SMILES string of the molecule is CCCCc1c(-c2ccc(-c3ccccc3)s2)sc(-c2ccc(-c3ccccc3)s2)c1CCCC. The molecule has 3 heteroatoms. The highest BCUT2D eigenvalue weighted by Gasteiger charge is 2.22. The molecule has 0 aliphatic heterocycles. The van der Waals surface area contributed by atoms with Gasteiger partial charge in [-0.2, -0.15) is 0 Å². The number of benzene rings is 2. The lowest BCUT2D eigenvalue weighted by Gasteiger charge is -2.08. The third-order valence-corrected chi connectivity index (χ3v) is 10.4. The molecule has 0 radical (unpaired) electrons. The van der Waals surface area contributed by atoms with Crippen LogP contribution < -0.4 is 0 Å². The van der Waals surface area contributed by atoms with Gasteiger partial charge in [0.2, 0.25) is 0 Å². The smallest absolute Gasteiger partial charge is 0.0484 e. The van der Waals surface area contributed by atoms with Crippen molar-refractivity contribution >= 4 is 34.0 Å². The lowest BCUT2D eigenvalue weighted by Crippen LogP contribution is -1.94. The largest absolute Gasteiger partial charge is 0.134 e. The molecule has 0 aliphatic carbocycles. The Hall–Kier alpha value is -2.46. The molecule has 0 bridgehead atoms. The molecule has 3 aromatic heterocycles. The van der Waals surface area contributed by atoms with E-state index in [4.69, 9.17) is 0 Å². The molecule has 2 aromatic carbocycles. The Morgan fingerprint density at radius 3 is 1.26 bits per heavy atom. The minimum Gasteiger partial charge on any atom is -0.134 e. The van der Waals surface area contributed by atoms with Gasteiger partial charge in [-0.3, -0.25) is 0 Å². The molecule has 5 aromatic rings. The maximum absolute atomic E-state index is 2.35. The second-order valence-corrected chi connectivity index (χ2v) is 12.2. The summed E-state index contributed by atoms with van der Waals surface area (Å²) in [5.41, 5.74) is 5.84. The standard InChI is InChI=1S/C32H32S3/c1-3-5-17-25-26(18-6-4-2)32(30-22-20-28(34-30)24-15-11-8-12-16-24)35-31(25)29-21-19-27(33-29)23-13-9-7-10-14-23/h7-16,19-22H,3-6,17-18H2,1-2H3. The summed E-state index contributed by atoms with van der Waals surface area (Å²) in [7, 11) is 0. The van der Waals surface area contributed by atoms with Crippen LogP contribution in [0.3, 0.4) is 0 Å². The first-order chi connectivity index (χ1) is 17.3. The van der Waals surface area contributed by atoms with Crippen LogP contribution in [0.2, 0.25) is 0 Å². The van der Waals surface area contributed by atoms with Gasteiger partial charge >= 0.3 is 0 Å². The van der Waals surface area contributed by atoms with Crippen LogP contribution in [-0.4, -0.2) is 0 Å². The molecule has 0 aliphatic rings. The highest BCUT2D eigenvalue weighted by atomic mass is 32.1. The minimum absolute atomic E-state index is 1.18. The van der Waals surface area contributed by atoms with Gasteiger partial charge in [0, 0.05) is 29.3 Å². The van der Waals surface area contributed by atoms with Crippen LogP contribution in [0, 0.1) is 0 Å². The van der Waals surface area contributed by atoms with Crippen LogP contribution in [0.25, 0.3) is 40.4 Å². The lowest BCUT2D eigenvalue weighted by molar-refractivity contribution is 0.764. The average molecular weight is 513 g/mol. The maximum Gasteiger partial charge on any atom is 0.0484 e. The van der Waals surface area contributed by atoms with Crippen LogP contribution in [0.15, 0.2) is 84.9 Å². The van der Waals surface area contributed by atoms with Gasteiger partial charge in [0.05, 0.1) is 0 Å². The lowest BCUT2D eigenvalue weighted by atomic mass is 9.97. The Balaban J connectivity index is 1.60. The molecule has 35 heavy (non-hydrogen) atoms. The van der Waals surface area contributed by atoms with E-state index in [-0.39, 0.29) is 0 Å². The molecule has 0 saturated heterocycles. The first kappa shape index (κ1) is 24.2. The van der Waals surface area contributed by atoms with Crippen molar-refractivity contribution in [2.24, 2.45) is 0 Å². The van der Waals surface area contributed by atoms with E-state index < -0.39 is 0 Å². The molecule has 0 nitrogen and oxygen atoms in total. The van der Waals surface area contributed by atoms with Crippen molar-refractivity contribution in [3.05, 3.63) is 96.1 Å². The third kappa shape index (κ3) is 5.38. The van der Waals surface area contributed by atoms with Crippen molar-refractivity contribution in [1.82, 2.24) is 0 Å². The topological polar surface area (TPSA) is 0 Å². The van der Waals surface area contributed by atoms with Crippen molar-refractivity contribution in [2.75, 3.05) is 0 Å². The summed E-state index contributed by atoms with van der Waals surface area (Å²) < 4.78 is 0. The summed E-state index contributed by atoms with van der Waals surface area (Å²) in [6.07, 6.45) is 7.31. The van der Waals surface area contributed by atoms with Gasteiger partial charge < -0.3 is 0 Å². The van der Waals surface area contributed by atoms with E-state index in [0.717, 1.165) is 0 Å². The van der Waals surface area contributed by atoms with Crippen LogP contribution >= 0.6 is 34.0 Å². The summed E-state index contributed by atoms with van der Waals surface area (Å²) in [5.74, 6) is 0. The number of thiophene rings is 3. The van der Waals surface area contributed by atoms with E-state index in [1.165, 1.54) is 78.9 Å². The van der Waals surface area contributed by atoms with Crippen LogP contribution in [0.1, 0.15) is 50.7 Å². The van der Waals surface area contributed by atoms with Crippen LogP contribution in [-0.2, 0) is 12.8 Å². The van der Waals surface area contributed by atoms with E-state index in [0.29, 0.717) is 0 Å². The van der Waals surface area contributed by atoms with Crippen LogP contribution in [0.5, 0.6) is 0 Å². The van der Waals surface area contributed by atoms with E-state index in [1.807, 2.05) is 34.0 Å². The molecule has 0 amide bonds. The van der Waals surface area contributed by atoms with Gasteiger partial charge in [0.25, 0.3) is 0 Å². The van der Waals surface area contributed by atoms with Gasteiger partial charge in [-0.25, -0.2) is 0 Å². The number of hydrogen-bond acceptors (Lipinski definition) is 3. The predicted molar refractivity (Wildman–Crippen MR) is 159 cm³/mol. The Kier molecular flexibility index (Phi) is 7.98. The summed E-state index contributed by atoms with van der Waals surface area (Å²) >= 11 is 5.92. The van der Waals surface area contributed by atoms with Gasteiger partial charge in [-0.1, -0.05) is 87.4 Å². The highest BCUT2D eigenvalue weighted by molar-refractivity contribution is 7.28. The van der Waals surface area contributed by atoms with Crippen LogP contribution in [0.4, 0.5) is 0 Å². The molecule has 3 heterocycles. The van der Waals surface area contributed by atoms with Gasteiger partial charge in [0.15, 0.2) is 0 Å². The first-order valence-corrected chi connectivity index (χ1v) is 15.2. The fraction of sp³-hybridized carbons (Fsp3) is 0.250. The third-order valence-electron chi connectivity index (χ3n) is 6.45.